The van der Waals surface area contributed by atoms with Crippen LogP contribution in [0.5, 0.6) is 0 Å². The lowest BCUT2D eigenvalue weighted by Crippen LogP contribution is -2.43. The zero-order valence-corrected chi connectivity index (χ0v) is 13.5. The molecular formula is C19H29NO. The Bertz CT molecular complexity index is 457. The minimum Gasteiger partial charge on any atom is -0.378 e. The largest absolute Gasteiger partial charge is 0.378 e. The summed E-state index contributed by atoms with van der Waals surface area (Å²) in [4.78, 5) is 0. The molecule has 0 radical (unpaired) electrons. The van der Waals surface area contributed by atoms with E-state index in [9.17, 15) is 0 Å². The lowest BCUT2D eigenvalue weighted by Gasteiger charge is -2.43. The monoisotopic (exact) mass is 287 g/mol. The molecule has 2 aliphatic carbocycles. The molecule has 1 aromatic rings. The van der Waals surface area contributed by atoms with Crippen molar-refractivity contribution in [2.45, 2.75) is 69.4 Å². The summed E-state index contributed by atoms with van der Waals surface area (Å²) in [5.41, 5.74) is 3.23. The van der Waals surface area contributed by atoms with Crippen molar-refractivity contribution in [2.75, 3.05) is 13.7 Å². The second-order valence-corrected chi connectivity index (χ2v) is 6.81. The first-order chi connectivity index (χ1) is 10.3. The Balaban J connectivity index is 1.83. The van der Waals surface area contributed by atoms with Gasteiger partial charge in [0.05, 0.1) is 5.60 Å². The van der Waals surface area contributed by atoms with Crippen molar-refractivity contribution in [3.8, 4) is 0 Å². The van der Waals surface area contributed by atoms with Crippen LogP contribution < -0.4 is 5.32 Å². The van der Waals surface area contributed by atoms with Crippen LogP contribution in [0.1, 0.15) is 75.0 Å². The predicted molar refractivity (Wildman–Crippen MR) is 87.7 cm³/mol. The first-order valence-corrected chi connectivity index (χ1v) is 8.65. The second-order valence-electron chi connectivity index (χ2n) is 6.81. The fourth-order valence-electron chi connectivity index (χ4n) is 3.89. The van der Waals surface area contributed by atoms with Gasteiger partial charge >= 0.3 is 0 Å². The van der Waals surface area contributed by atoms with E-state index < -0.39 is 0 Å². The van der Waals surface area contributed by atoms with Crippen LogP contribution >= 0.6 is 0 Å². The molecule has 116 valence electrons. The first kappa shape index (κ1) is 15.1. The molecule has 1 N–H and O–H groups in total. The van der Waals surface area contributed by atoms with Crippen molar-refractivity contribution in [2.24, 2.45) is 0 Å². The van der Waals surface area contributed by atoms with Crippen molar-refractivity contribution in [3.63, 3.8) is 0 Å². The third-order valence-electron chi connectivity index (χ3n) is 5.64. The van der Waals surface area contributed by atoms with Gasteiger partial charge in [-0.15, -0.1) is 0 Å². The maximum atomic E-state index is 5.87. The molecule has 2 heteroatoms. The van der Waals surface area contributed by atoms with Crippen LogP contribution in [0.15, 0.2) is 24.3 Å². The van der Waals surface area contributed by atoms with Crippen molar-refractivity contribution < 1.29 is 4.74 Å². The van der Waals surface area contributed by atoms with Crippen LogP contribution in [0.2, 0.25) is 0 Å². The standard InChI is InChI=1S/C19H29NO/c1-3-20-18(14-19(21-2)12-7-13-19)17-11-5-4-10-16(17)15-8-6-9-15/h4-5,10-11,15,18,20H,3,6-9,12-14H2,1-2H3. The van der Waals surface area contributed by atoms with E-state index in [1.807, 2.05) is 7.11 Å². The Kier molecular flexibility index (Phi) is 4.66. The number of nitrogens with one attached hydrogen (secondary N) is 1. The summed E-state index contributed by atoms with van der Waals surface area (Å²) in [6.45, 7) is 3.22. The van der Waals surface area contributed by atoms with Gasteiger partial charge in [0.2, 0.25) is 0 Å². The number of hydrogen-bond acceptors (Lipinski definition) is 2. The summed E-state index contributed by atoms with van der Waals surface area (Å²) < 4.78 is 5.87. The molecule has 2 nitrogen and oxygen atoms in total. The van der Waals surface area contributed by atoms with Gasteiger partial charge in [0.1, 0.15) is 0 Å². The van der Waals surface area contributed by atoms with E-state index in [-0.39, 0.29) is 5.60 Å². The van der Waals surface area contributed by atoms with Crippen molar-refractivity contribution >= 4 is 0 Å². The molecule has 21 heavy (non-hydrogen) atoms. The zero-order chi connectivity index (χ0) is 14.7. The van der Waals surface area contributed by atoms with Crippen LogP contribution in [0.4, 0.5) is 0 Å². The number of methoxy groups -OCH3 is 1. The number of ether oxygens (including phenoxy) is 1. The van der Waals surface area contributed by atoms with E-state index in [2.05, 4.69) is 36.5 Å². The Morgan fingerprint density at radius 2 is 2.00 bits per heavy atom. The summed E-state index contributed by atoms with van der Waals surface area (Å²) in [6.07, 6.45) is 9.00. The SMILES string of the molecule is CCNC(CC1(OC)CCC1)c1ccccc1C1CCC1. The van der Waals surface area contributed by atoms with E-state index in [1.54, 1.807) is 5.56 Å². The predicted octanol–water partition coefficient (Wildman–Crippen LogP) is 4.56. The molecule has 3 rings (SSSR count). The zero-order valence-electron chi connectivity index (χ0n) is 13.5. The van der Waals surface area contributed by atoms with Gasteiger partial charge in [-0.25, -0.2) is 0 Å². The molecule has 0 heterocycles. The Morgan fingerprint density at radius 3 is 2.52 bits per heavy atom. The van der Waals surface area contributed by atoms with Crippen molar-refractivity contribution in [1.82, 2.24) is 5.32 Å². The molecule has 2 aliphatic rings. The maximum Gasteiger partial charge on any atom is 0.0697 e. The third kappa shape index (κ3) is 3.02. The molecule has 0 aromatic heterocycles. The molecule has 2 fully saturated rings. The molecule has 0 saturated heterocycles. The summed E-state index contributed by atoms with van der Waals surface area (Å²) in [6, 6.07) is 9.52. The fourth-order valence-corrected chi connectivity index (χ4v) is 3.89. The molecule has 0 aliphatic heterocycles. The van der Waals surface area contributed by atoms with Crippen LogP contribution in [0, 0.1) is 0 Å². The summed E-state index contributed by atoms with van der Waals surface area (Å²) >= 11 is 0. The Labute approximate surface area is 129 Å². The average Bonchev–Trinajstić information content (AvgIpc) is 2.41. The lowest BCUT2D eigenvalue weighted by atomic mass is 9.72. The third-order valence-corrected chi connectivity index (χ3v) is 5.64. The van der Waals surface area contributed by atoms with Crippen LogP contribution in [-0.2, 0) is 4.74 Å². The van der Waals surface area contributed by atoms with Gasteiger partial charge in [-0.2, -0.15) is 0 Å². The maximum absolute atomic E-state index is 5.87. The average molecular weight is 287 g/mol. The van der Waals surface area contributed by atoms with E-state index in [0.29, 0.717) is 6.04 Å². The van der Waals surface area contributed by atoms with Gasteiger partial charge in [-0.3, -0.25) is 0 Å². The smallest absolute Gasteiger partial charge is 0.0697 e. The molecule has 0 amide bonds. The van der Waals surface area contributed by atoms with E-state index in [0.717, 1.165) is 18.9 Å². The summed E-state index contributed by atoms with van der Waals surface area (Å²) in [7, 11) is 1.89. The molecule has 0 bridgehead atoms. The fraction of sp³-hybridized carbons (Fsp3) is 0.684. The van der Waals surface area contributed by atoms with E-state index in [4.69, 9.17) is 4.74 Å². The quantitative estimate of drug-likeness (QED) is 0.793. The molecule has 1 aromatic carbocycles. The van der Waals surface area contributed by atoms with Crippen LogP contribution in [0.25, 0.3) is 0 Å². The second kappa shape index (κ2) is 6.50. The molecular weight excluding hydrogens is 258 g/mol. The van der Waals surface area contributed by atoms with Crippen molar-refractivity contribution in [1.29, 1.82) is 0 Å². The van der Waals surface area contributed by atoms with Gasteiger partial charge in [-0.05, 0) is 62.1 Å². The Hall–Kier alpha value is -0.860. The molecule has 1 atom stereocenters. The topological polar surface area (TPSA) is 21.3 Å². The molecule has 1 unspecified atom stereocenters. The van der Waals surface area contributed by atoms with Crippen molar-refractivity contribution in [3.05, 3.63) is 35.4 Å². The summed E-state index contributed by atoms with van der Waals surface area (Å²) in [5.74, 6) is 0.794. The van der Waals surface area contributed by atoms with Gasteiger partial charge in [0, 0.05) is 13.2 Å². The first-order valence-electron chi connectivity index (χ1n) is 8.65. The molecule has 0 spiro atoms. The van der Waals surface area contributed by atoms with Crippen LogP contribution in [0.3, 0.4) is 0 Å². The highest BCUT2D eigenvalue weighted by Crippen LogP contribution is 2.45. The highest BCUT2D eigenvalue weighted by molar-refractivity contribution is 5.34. The summed E-state index contributed by atoms with van der Waals surface area (Å²) in [5, 5.41) is 3.72. The van der Waals surface area contributed by atoms with Gasteiger partial charge in [0.15, 0.2) is 0 Å². The van der Waals surface area contributed by atoms with E-state index >= 15 is 0 Å². The van der Waals surface area contributed by atoms with Crippen LogP contribution in [-0.4, -0.2) is 19.3 Å². The Morgan fingerprint density at radius 1 is 1.24 bits per heavy atom. The van der Waals surface area contributed by atoms with E-state index in [1.165, 1.54) is 44.1 Å². The van der Waals surface area contributed by atoms with Gasteiger partial charge in [-0.1, -0.05) is 37.6 Å². The minimum absolute atomic E-state index is 0.125. The van der Waals surface area contributed by atoms with Gasteiger partial charge < -0.3 is 10.1 Å². The normalized spacial score (nSPS) is 22.4. The number of hydrogen-bond donors (Lipinski definition) is 1. The highest BCUT2D eigenvalue weighted by atomic mass is 16.5. The van der Waals surface area contributed by atoms with Gasteiger partial charge in [0.25, 0.3) is 0 Å². The lowest BCUT2D eigenvalue weighted by molar-refractivity contribution is -0.0838. The molecule has 2 saturated carbocycles. The highest BCUT2D eigenvalue weighted by Gasteiger charge is 2.40. The number of rotatable bonds is 7. The number of benzene rings is 1. The minimum atomic E-state index is 0.125.